The first kappa shape index (κ1) is 18.8. The summed E-state index contributed by atoms with van der Waals surface area (Å²) in [5.74, 6) is -0.0811. The molecule has 2 amide bonds. The number of amides is 2. The fourth-order valence-corrected chi connectivity index (χ4v) is 2.57. The van der Waals surface area contributed by atoms with E-state index in [0.717, 1.165) is 11.1 Å². The summed E-state index contributed by atoms with van der Waals surface area (Å²) in [5.41, 5.74) is 3.16. The van der Waals surface area contributed by atoms with Gasteiger partial charge in [-0.1, -0.05) is 30.4 Å². The molecule has 5 nitrogen and oxygen atoms in total. The molecular formula is C17H19ClN2O3. The van der Waals surface area contributed by atoms with Crippen molar-refractivity contribution in [1.82, 2.24) is 4.90 Å². The SMILES string of the molecule is CN(C)C(=O)CC1C=CC2=NC(=O)c3ccccc3C2=C1.Cl.O. The van der Waals surface area contributed by atoms with E-state index < -0.39 is 0 Å². The van der Waals surface area contributed by atoms with Crippen LogP contribution in [0.4, 0.5) is 0 Å². The molecule has 1 atom stereocenters. The molecule has 0 saturated heterocycles. The van der Waals surface area contributed by atoms with E-state index in [4.69, 9.17) is 0 Å². The van der Waals surface area contributed by atoms with Crippen molar-refractivity contribution in [2.75, 3.05) is 14.1 Å². The Morgan fingerprint density at radius 3 is 2.52 bits per heavy atom. The van der Waals surface area contributed by atoms with E-state index in [1.54, 1.807) is 25.1 Å². The quantitative estimate of drug-likeness (QED) is 0.828. The predicted molar refractivity (Wildman–Crippen MR) is 93.0 cm³/mol. The number of halogens is 1. The Balaban J connectivity index is 0.00000132. The van der Waals surface area contributed by atoms with Crippen molar-refractivity contribution in [2.24, 2.45) is 10.9 Å². The number of aliphatic imine (C=N–C) groups is 1. The van der Waals surface area contributed by atoms with Gasteiger partial charge in [0.25, 0.3) is 5.91 Å². The normalized spacial score (nSPS) is 17.7. The number of nitrogens with zero attached hydrogens (tertiary/aromatic N) is 2. The minimum absolute atomic E-state index is 0. The second-order valence-electron chi connectivity index (χ2n) is 5.44. The Bertz CT molecular complexity index is 720. The second kappa shape index (κ2) is 7.35. The van der Waals surface area contributed by atoms with E-state index in [1.807, 2.05) is 36.4 Å². The number of fused-ring (bicyclic) bond motifs is 3. The molecule has 23 heavy (non-hydrogen) atoms. The lowest BCUT2D eigenvalue weighted by molar-refractivity contribution is -0.129. The average molecular weight is 335 g/mol. The summed E-state index contributed by atoms with van der Waals surface area (Å²) in [6.07, 6.45) is 6.24. The van der Waals surface area contributed by atoms with Crippen LogP contribution < -0.4 is 0 Å². The summed E-state index contributed by atoms with van der Waals surface area (Å²) in [6.45, 7) is 0. The highest BCUT2D eigenvalue weighted by Gasteiger charge is 2.26. The van der Waals surface area contributed by atoms with Crippen molar-refractivity contribution < 1.29 is 15.1 Å². The lowest BCUT2D eigenvalue weighted by Gasteiger charge is -2.22. The zero-order chi connectivity index (χ0) is 15.0. The molecule has 0 saturated carbocycles. The van der Waals surface area contributed by atoms with Crippen LogP contribution >= 0.6 is 12.4 Å². The van der Waals surface area contributed by atoms with Gasteiger partial charge in [0.15, 0.2) is 0 Å². The fraction of sp³-hybridized carbons (Fsp3) is 0.235. The molecule has 1 aliphatic carbocycles. The lowest BCUT2D eigenvalue weighted by atomic mass is 9.85. The molecular weight excluding hydrogens is 316 g/mol. The summed E-state index contributed by atoms with van der Waals surface area (Å²) in [6, 6.07) is 7.46. The van der Waals surface area contributed by atoms with Gasteiger partial charge >= 0.3 is 0 Å². The van der Waals surface area contributed by atoms with Gasteiger partial charge < -0.3 is 10.4 Å². The summed E-state index contributed by atoms with van der Waals surface area (Å²) in [4.78, 5) is 29.5. The smallest absolute Gasteiger partial charge is 0.278 e. The highest BCUT2D eigenvalue weighted by Crippen LogP contribution is 2.31. The molecule has 0 aromatic heterocycles. The van der Waals surface area contributed by atoms with Crippen LogP contribution in [0.3, 0.4) is 0 Å². The standard InChI is InChI=1S/C17H16N2O2.ClH.H2O/c1-19(2)16(20)10-11-7-8-15-14(9-11)12-5-3-4-6-13(12)17(21)18-15;;/h3-9,11H,10H2,1-2H3;1H;1H2. The third kappa shape index (κ3) is 3.57. The predicted octanol–water partition coefficient (Wildman–Crippen LogP) is 1.93. The van der Waals surface area contributed by atoms with E-state index in [1.165, 1.54) is 0 Å². The lowest BCUT2D eigenvalue weighted by Crippen LogP contribution is -2.25. The third-order valence-corrected chi connectivity index (χ3v) is 3.74. The van der Waals surface area contributed by atoms with Crippen LogP contribution in [0, 0.1) is 5.92 Å². The van der Waals surface area contributed by atoms with E-state index in [2.05, 4.69) is 4.99 Å². The molecule has 1 heterocycles. The van der Waals surface area contributed by atoms with E-state index in [-0.39, 0.29) is 35.6 Å². The Hall–Kier alpha value is -2.24. The summed E-state index contributed by atoms with van der Waals surface area (Å²) in [7, 11) is 3.51. The van der Waals surface area contributed by atoms with Crippen molar-refractivity contribution in [3.63, 3.8) is 0 Å². The molecule has 1 aliphatic heterocycles. The van der Waals surface area contributed by atoms with Gasteiger partial charge in [-0.15, -0.1) is 12.4 Å². The molecule has 6 heteroatoms. The van der Waals surface area contributed by atoms with Gasteiger partial charge in [0.2, 0.25) is 5.91 Å². The van der Waals surface area contributed by atoms with E-state index in [0.29, 0.717) is 17.7 Å². The number of hydrogen-bond donors (Lipinski definition) is 0. The maximum atomic E-state index is 12.0. The zero-order valence-corrected chi connectivity index (χ0v) is 13.8. The molecule has 0 radical (unpaired) electrons. The van der Waals surface area contributed by atoms with E-state index in [9.17, 15) is 9.59 Å². The summed E-state index contributed by atoms with van der Waals surface area (Å²) >= 11 is 0. The van der Waals surface area contributed by atoms with E-state index >= 15 is 0 Å². The minimum atomic E-state index is -0.204. The van der Waals surface area contributed by atoms with Gasteiger partial charge in [-0.2, -0.15) is 0 Å². The van der Waals surface area contributed by atoms with Gasteiger partial charge in [-0.05, 0) is 17.7 Å². The van der Waals surface area contributed by atoms with Crippen molar-refractivity contribution in [1.29, 1.82) is 0 Å². The number of hydrogen-bond acceptors (Lipinski definition) is 2. The molecule has 1 aromatic rings. The van der Waals surface area contributed by atoms with Crippen LogP contribution in [0.25, 0.3) is 5.57 Å². The average Bonchev–Trinajstić information content (AvgIpc) is 2.48. The molecule has 1 unspecified atom stereocenters. The van der Waals surface area contributed by atoms with Crippen LogP contribution in [0.1, 0.15) is 22.3 Å². The van der Waals surface area contributed by atoms with Crippen molar-refractivity contribution in [3.05, 3.63) is 53.6 Å². The minimum Gasteiger partial charge on any atom is -0.412 e. The second-order valence-corrected chi connectivity index (χ2v) is 5.44. The number of benzene rings is 1. The number of carbonyl (C=O) groups excluding carboxylic acids is 2. The highest BCUT2D eigenvalue weighted by molar-refractivity contribution is 6.36. The van der Waals surface area contributed by atoms with Gasteiger partial charge in [-0.3, -0.25) is 9.59 Å². The molecule has 3 rings (SSSR count). The molecule has 1 aromatic carbocycles. The summed E-state index contributed by atoms with van der Waals surface area (Å²) in [5, 5.41) is 0. The largest absolute Gasteiger partial charge is 0.412 e. The van der Waals surface area contributed by atoms with Crippen molar-refractivity contribution >= 4 is 35.5 Å². The number of carbonyl (C=O) groups is 2. The molecule has 122 valence electrons. The molecule has 0 bridgehead atoms. The van der Waals surface area contributed by atoms with Crippen molar-refractivity contribution in [2.45, 2.75) is 6.42 Å². The Morgan fingerprint density at radius 2 is 1.87 bits per heavy atom. The molecule has 2 N–H and O–H groups in total. The Labute approximate surface area is 141 Å². The van der Waals surface area contributed by atoms with Gasteiger partial charge in [0, 0.05) is 37.6 Å². The molecule has 0 spiro atoms. The fourth-order valence-electron chi connectivity index (χ4n) is 2.57. The highest BCUT2D eigenvalue weighted by atomic mass is 35.5. The van der Waals surface area contributed by atoms with Crippen molar-refractivity contribution in [3.8, 4) is 0 Å². The maximum absolute atomic E-state index is 12.0. The molecule has 0 fully saturated rings. The monoisotopic (exact) mass is 334 g/mol. The first-order valence-corrected chi connectivity index (χ1v) is 6.89. The van der Waals surface area contributed by atoms with Crippen LogP contribution in [0.15, 0.2) is 47.5 Å². The van der Waals surface area contributed by atoms with Gasteiger partial charge in [0.1, 0.15) is 0 Å². The zero-order valence-electron chi connectivity index (χ0n) is 12.9. The van der Waals surface area contributed by atoms with Gasteiger partial charge in [-0.25, -0.2) is 4.99 Å². The number of allylic oxidation sites excluding steroid dienone is 4. The number of rotatable bonds is 2. The van der Waals surface area contributed by atoms with Crippen LogP contribution in [0.2, 0.25) is 0 Å². The van der Waals surface area contributed by atoms with Crippen LogP contribution in [-0.2, 0) is 4.79 Å². The first-order chi connectivity index (χ1) is 10.1. The maximum Gasteiger partial charge on any atom is 0.278 e. The Kier molecular flexibility index (Phi) is 6.01. The summed E-state index contributed by atoms with van der Waals surface area (Å²) < 4.78 is 0. The van der Waals surface area contributed by atoms with Crippen LogP contribution in [-0.4, -0.2) is 42.0 Å². The Morgan fingerprint density at radius 1 is 1.22 bits per heavy atom. The topological polar surface area (TPSA) is 81.2 Å². The van der Waals surface area contributed by atoms with Crippen LogP contribution in [0.5, 0.6) is 0 Å². The molecule has 2 aliphatic rings. The van der Waals surface area contributed by atoms with Gasteiger partial charge in [0.05, 0.1) is 5.71 Å². The third-order valence-electron chi connectivity index (χ3n) is 3.74. The first-order valence-electron chi connectivity index (χ1n) is 6.89.